The second kappa shape index (κ2) is 7.24. The van der Waals surface area contributed by atoms with Gasteiger partial charge in [-0.2, -0.15) is 9.61 Å². The normalized spacial score (nSPS) is 15.0. The van der Waals surface area contributed by atoms with Gasteiger partial charge in [0.2, 0.25) is 5.88 Å². The molecule has 0 unspecified atom stereocenters. The van der Waals surface area contributed by atoms with E-state index in [1.165, 1.54) is 7.11 Å². The average molecular weight is 418 g/mol. The van der Waals surface area contributed by atoms with E-state index >= 15 is 0 Å². The minimum absolute atomic E-state index is 0.223. The van der Waals surface area contributed by atoms with E-state index in [4.69, 9.17) is 14.7 Å². The number of carbonyl (C=O) groups is 1. The number of rotatable bonds is 4. The van der Waals surface area contributed by atoms with Crippen LogP contribution in [0.25, 0.3) is 23.0 Å². The highest BCUT2D eigenvalue weighted by Crippen LogP contribution is 2.23. The van der Waals surface area contributed by atoms with Gasteiger partial charge >= 0.3 is 11.7 Å². The Hall–Kier alpha value is -4.21. The first-order valence-corrected chi connectivity index (χ1v) is 9.66. The van der Waals surface area contributed by atoms with Crippen LogP contribution < -0.4 is 16.4 Å². The van der Waals surface area contributed by atoms with Crippen molar-refractivity contribution < 1.29 is 14.6 Å². The van der Waals surface area contributed by atoms with Gasteiger partial charge in [-0.25, -0.2) is 14.6 Å². The zero-order valence-corrected chi connectivity index (χ0v) is 16.5. The number of aromatic nitrogens is 5. The van der Waals surface area contributed by atoms with Crippen molar-refractivity contribution in [2.45, 2.75) is 18.9 Å². The van der Waals surface area contributed by atoms with Crippen molar-refractivity contribution in [2.75, 3.05) is 7.11 Å². The monoisotopic (exact) mass is 418 g/mol. The summed E-state index contributed by atoms with van der Waals surface area (Å²) in [6.45, 7) is 0. The first-order chi connectivity index (χ1) is 15.0. The van der Waals surface area contributed by atoms with Crippen LogP contribution in [0.1, 0.15) is 28.9 Å². The van der Waals surface area contributed by atoms with Gasteiger partial charge in [0.05, 0.1) is 30.6 Å². The van der Waals surface area contributed by atoms with Crippen LogP contribution in [0.2, 0.25) is 0 Å². The number of H-pyrrole nitrogens is 2. The van der Waals surface area contributed by atoms with Crippen LogP contribution >= 0.6 is 0 Å². The number of hydrogen-bond acceptors (Lipinski definition) is 7. The number of aromatic amines is 2. The molecule has 10 heteroatoms. The van der Waals surface area contributed by atoms with Crippen molar-refractivity contribution in [3.8, 4) is 17.1 Å². The Morgan fingerprint density at radius 2 is 2.16 bits per heavy atom. The molecule has 1 aliphatic rings. The van der Waals surface area contributed by atoms with E-state index < -0.39 is 11.7 Å². The molecule has 0 atom stereocenters. The lowest BCUT2D eigenvalue weighted by atomic mass is 10.1. The van der Waals surface area contributed by atoms with Crippen LogP contribution in [0, 0.1) is 0 Å². The third-order valence-electron chi connectivity index (χ3n) is 4.96. The molecule has 156 valence electrons. The zero-order chi connectivity index (χ0) is 21.5. The molecule has 5 rings (SSSR count). The number of fused-ring (bicyclic) bond motifs is 1. The molecule has 0 bridgehead atoms. The van der Waals surface area contributed by atoms with Gasteiger partial charge in [-0.1, -0.05) is 12.1 Å². The molecule has 4 aromatic rings. The minimum Gasteiger partial charge on any atom is -0.493 e. The van der Waals surface area contributed by atoms with Crippen LogP contribution in [-0.4, -0.2) is 48.8 Å². The van der Waals surface area contributed by atoms with Crippen molar-refractivity contribution in [1.82, 2.24) is 24.6 Å². The first kappa shape index (κ1) is 18.8. The molecule has 1 fully saturated rings. The van der Waals surface area contributed by atoms with Gasteiger partial charge in [0.25, 0.3) is 0 Å². The first-order valence-electron chi connectivity index (χ1n) is 9.66. The molecule has 0 amide bonds. The molecule has 0 radical (unpaired) electrons. The van der Waals surface area contributed by atoms with E-state index in [1.54, 1.807) is 35.0 Å². The van der Waals surface area contributed by atoms with Crippen LogP contribution in [-0.2, 0) is 4.74 Å². The molecule has 1 aromatic carbocycles. The number of nitrogens with zero attached hydrogens (tertiary/aromatic N) is 4. The van der Waals surface area contributed by atoms with Crippen molar-refractivity contribution in [3.63, 3.8) is 0 Å². The Morgan fingerprint density at radius 1 is 1.32 bits per heavy atom. The predicted octanol–water partition coefficient (Wildman–Crippen LogP) is 0.516. The number of aromatic hydroxyl groups is 1. The van der Waals surface area contributed by atoms with E-state index in [2.05, 4.69) is 15.1 Å². The largest absolute Gasteiger partial charge is 0.493 e. The van der Waals surface area contributed by atoms with E-state index in [1.807, 2.05) is 12.1 Å². The smallest absolute Gasteiger partial charge is 0.337 e. The van der Waals surface area contributed by atoms with Crippen molar-refractivity contribution in [3.05, 3.63) is 69.0 Å². The summed E-state index contributed by atoms with van der Waals surface area (Å²) in [6.07, 6.45) is 5.22. The molecule has 0 spiro atoms. The summed E-state index contributed by atoms with van der Waals surface area (Å²) in [5.41, 5.74) is 2.59. The number of ether oxygens (including phenoxy) is 1. The summed E-state index contributed by atoms with van der Waals surface area (Å²) in [5.74, 6) is -0.703. The topological polar surface area (TPSA) is 138 Å². The fourth-order valence-corrected chi connectivity index (χ4v) is 3.27. The second-order valence-corrected chi connectivity index (χ2v) is 7.25. The molecular formula is C21H18N6O4. The average Bonchev–Trinajstić information content (AvgIpc) is 3.41. The molecule has 3 heterocycles. The number of imidazole rings is 1. The van der Waals surface area contributed by atoms with Gasteiger partial charge < -0.3 is 14.8 Å². The second-order valence-electron chi connectivity index (χ2n) is 7.25. The van der Waals surface area contributed by atoms with Gasteiger partial charge in [-0.05, 0) is 31.1 Å². The third kappa shape index (κ3) is 3.59. The maximum absolute atomic E-state index is 11.9. The highest BCUT2D eigenvalue weighted by atomic mass is 16.5. The Bertz CT molecular complexity index is 1490. The summed E-state index contributed by atoms with van der Waals surface area (Å²) < 4.78 is 6.44. The van der Waals surface area contributed by atoms with Crippen molar-refractivity contribution in [1.29, 1.82) is 0 Å². The van der Waals surface area contributed by atoms with Crippen LogP contribution in [0.5, 0.6) is 5.88 Å². The van der Waals surface area contributed by atoms with Crippen molar-refractivity contribution >= 4 is 17.7 Å². The van der Waals surface area contributed by atoms with E-state index in [-0.39, 0.29) is 17.6 Å². The molecule has 3 aromatic heterocycles. The van der Waals surface area contributed by atoms with Gasteiger partial charge in [-0.3, -0.25) is 9.98 Å². The summed E-state index contributed by atoms with van der Waals surface area (Å²) >= 11 is 0. The zero-order valence-electron chi connectivity index (χ0n) is 16.5. The highest BCUT2D eigenvalue weighted by molar-refractivity contribution is 5.90. The number of carbonyl (C=O) groups excluding carboxylic acids is 1. The molecule has 3 N–H and O–H groups in total. The number of esters is 1. The molecule has 0 aliphatic heterocycles. The lowest BCUT2D eigenvalue weighted by Crippen LogP contribution is -2.19. The van der Waals surface area contributed by atoms with E-state index in [9.17, 15) is 14.7 Å². The van der Waals surface area contributed by atoms with Crippen LogP contribution in [0.3, 0.4) is 0 Å². The van der Waals surface area contributed by atoms with Crippen molar-refractivity contribution in [2.24, 2.45) is 4.99 Å². The summed E-state index contributed by atoms with van der Waals surface area (Å²) in [6, 6.07) is 9.07. The Labute approximate surface area is 174 Å². The van der Waals surface area contributed by atoms with Gasteiger partial charge in [0, 0.05) is 16.8 Å². The lowest BCUT2D eigenvalue weighted by molar-refractivity contribution is 0.0601. The third-order valence-corrected chi connectivity index (χ3v) is 4.96. The van der Waals surface area contributed by atoms with Gasteiger partial charge in [-0.15, -0.1) is 0 Å². The molecule has 10 nitrogen and oxygen atoms in total. The molecule has 0 saturated heterocycles. The Balaban J connectivity index is 1.74. The van der Waals surface area contributed by atoms with E-state index in [0.29, 0.717) is 27.6 Å². The van der Waals surface area contributed by atoms with Gasteiger partial charge in [0.1, 0.15) is 5.69 Å². The number of hydrogen-bond donors (Lipinski definition) is 3. The predicted molar refractivity (Wildman–Crippen MR) is 110 cm³/mol. The van der Waals surface area contributed by atoms with Crippen LogP contribution in [0.15, 0.2) is 46.3 Å². The van der Waals surface area contributed by atoms with Gasteiger partial charge in [0.15, 0.2) is 11.1 Å². The Kier molecular flexibility index (Phi) is 4.39. The molecule has 1 saturated carbocycles. The maximum Gasteiger partial charge on any atom is 0.337 e. The number of nitrogens with one attached hydrogen (secondary N) is 2. The maximum atomic E-state index is 11.9. The Morgan fingerprint density at radius 3 is 2.87 bits per heavy atom. The molecule has 1 aliphatic carbocycles. The lowest BCUT2D eigenvalue weighted by Gasteiger charge is -2.05. The van der Waals surface area contributed by atoms with E-state index in [0.717, 1.165) is 18.4 Å². The number of benzene rings is 1. The minimum atomic E-state index is -0.516. The number of methoxy groups -OCH3 is 1. The fraction of sp³-hybridized carbons (Fsp3) is 0.190. The molecule has 31 heavy (non-hydrogen) atoms. The van der Waals surface area contributed by atoms with Crippen LogP contribution in [0.4, 0.5) is 0 Å². The summed E-state index contributed by atoms with van der Waals surface area (Å²) in [7, 11) is 1.33. The quantitative estimate of drug-likeness (QED) is 0.413. The molecular weight excluding hydrogens is 400 g/mol. The summed E-state index contributed by atoms with van der Waals surface area (Å²) in [5, 5.41) is 14.9. The summed E-state index contributed by atoms with van der Waals surface area (Å²) in [4.78, 5) is 37.7. The SMILES string of the molecule is COC(=O)c1cccc(-c2cc(=NC3CC3)n3ncc(=Cc4[nH]c(=O)[nH]c4O)c3n2)c1. The fourth-order valence-electron chi connectivity index (χ4n) is 3.27. The standard InChI is InChI=1S/C21H18N6O4/c1-31-20(29)12-4-2-3-11(7-12)15-9-17(23-14-5-6-14)27-18(24-15)13(10-22-27)8-16-19(28)26-21(30)25-16/h2-4,7-10,14,28H,5-6H2,1H3,(H2,25,26,30). The highest BCUT2D eigenvalue weighted by Gasteiger charge is 2.20.